The molecule has 1 aliphatic rings. The zero-order valence-corrected chi connectivity index (χ0v) is 19.2. The van der Waals surface area contributed by atoms with Crippen molar-refractivity contribution in [1.29, 1.82) is 0 Å². The molecule has 3 aromatic rings. The van der Waals surface area contributed by atoms with Crippen LogP contribution < -0.4 is 19.5 Å². The SMILES string of the molecule is COc1ncc(Cl)c(Nc2ncnc3cc(OCCN4CCCC4)cc(OC(C)C)c23)n1. The molecule has 1 aliphatic heterocycles. The molecule has 170 valence electrons. The summed E-state index contributed by atoms with van der Waals surface area (Å²) >= 11 is 6.27. The van der Waals surface area contributed by atoms with Gasteiger partial charge in [0, 0.05) is 18.7 Å². The fourth-order valence-electron chi connectivity index (χ4n) is 3.60. The lowest BCUT2D eigenvalue weighted by Gasteiger charge is -2.18. The number of fused-ring (bicyclic) bond motifs is 1. The molecule has 1 fully saturated rings. The van der Waals surface area contributed by atoms with Crippen molar-refractivity contribution in [2.75, 3.05) is 38.7 Å². The maximum atomic E-state index is 6.27. The third-order valence-corrected chi connectivity index (χ3v) is 5.33. The van der Waals surface area contributed by atoms with Crippen molar-refractivity contribution >= 4 is 34.1 Å². The van der Waals surface area contributed by atoms with Crippen molar-refractivity contribution < 1.29 is 14.2 Å². The van der Waals surface area contributed by atoms with E-state index >= 15 is 0 Å². The summed E-state index contributed by atoms with van der Waals surface area (Å²) in [4.78, 5) is 19.5. The van der Waals surface area contributed by atoms with E-state index < -0.39 is 0 Å². The molecule has 9 nitrogen and oxygen atoms in total. The van der Waals surface area contributed by atoms with Crippen molar-refractivity contribution in [1.82, 2.24) is 24.8 Å². The van der Waals surface area contributed by atoms with E-state index in [1.54, 1.807) is 0 Å². The second-order valence-corrected chi connectivity index (χ2v) is 8.19. The normalized spacial score (nSPS) is 14.2. The van der Waals surface area contributed by atoms with Gasteiger partial charge in [0.15, 0.2) is 5.82 Å². The molecule has 4 rings (SSSR count). The van der Waals surface area contributed by atoms with E-state index in [-0.39, 0.29) is 12.1 Å². The quantitative estimate of drug-likeness (QED) is 0.508. The molecule has 1 N–H and O–H groups in total. The number of likely N-dealkylation sites (tertiary alicyclic amines) is 1. The van der Waals surface area contributed by atoms with Crippen LogP contribution in [0.1, 0.15) is 26.7 Å². The molecule has 2 aromatic heterocycles. The molecule has 3 heterocycles. The van der Waals surface area contributed by atoms with Gasteiger partial charge in [0.05, 0.1) is 30.3 Å². The van der Waals surface area contributed by atoms with Crippen molar-refractivity contribution in [3.63, 3.8) is 0 Å². The predicted molar refractivity (Wildman–Crippen MR) is 123 cm³/mol. The second-order valence-electron chi connectivity index (χ2n) is 7.78. The summed E-state index contributed by atoms with van der Waals surface area (Å²) in [7, 11) is 1.49. The minimum Gasteiger partial charge on any atom is -0.492 e. The van der Waals surface area contributed by atoms with Crippen LogP contribution >= 0.6 is 11.6 Å². The highest BCUT2D eigenvalue weighted by molar-refractivity contribution is 6.33. The Balaban J connectivity index is 1.65. The Morgan fingerprint density at radius 1 is 1.12 bits per heavy atom. The molecule has 32 heavy (non-hydrogen) atoms. The van der Waals surface area contributed by atoms with Gasteiger partial charge in [0.25, 0.3) is 0 Å². The largest absolute Gasteiger partial charge is 0.492 e. The molecule has 0 spiro atoms. The predicted octanol–water partition coefficient (Wildman–Crippen LogP) is 4.09. The van der Waals surface area contributed by atoms with Crippen LogP contribution in [-0.2, 0) is 0 Å². The molecular weight excluding hydrogens is 432 g/mol. The van der Waals surface area contributed by atoms with Gasteiger partial charge in [0.1, 0.15) is 35.3 Å². The van der Waals surface area contributed by atoms with Gasteiger partial charge < -0.3 is 19.5 Å². The Morgan fingerprint density at radius 3 is 2.69 bits per heavy atom. The van der Waals surface area contributed by atoms with Crippen LogP contribution in [-0.4, -0.2) is 64.3 Å². The molecular formula is C22H27ClN6O3. The number of nitrogens with zero attached hydrogens (tertiary/aromatic N) is 5. The van der Waals surface area contributed by atoms with E-state index in [0.29, 0.717) is 45.7 Å². The van der Waals surface area contributed by atoms with E-state index in [1.165, 1.54) is 32.5 Å². The summed E-state index contributed by atoms with van der Waals surface area (Å²) in [5.74, 6) is 2.21. The zero-order valence-electron chi connectivity index (χ0n) is 18.5. The van der Waals surface area contributed by atoms with E-state index in [0.717, 1.165) is 19.6 Å². The Hall–Kier alpha value is -2.91. The maximum Gasteiger partial charge on any atom is 0.318 e. The van der Waals surface area contributed by atoms with Crippen LogP contribution in [0.15, 0.2) is 24.7 Å². The molecule has 0 saturated carbocycles. The first-order chi connectivity index (χ1) is 15.5. The topological polar surface area (TPSA) is 94.5 Å². The molecule has 10 heteroatoms. The summed E-state index contributed by atoms with van der Waals surface area (Å²) in [6.07, 6.45) is 5.42. The summed E-state index contributed by atoms with van der Waals surface area (Å²) in [5.41, 5.74) is 0.689. The number of aromatic nitrogens is 4. The lowest BCUT2D eigenvalue weighted by atomic mass is 10.2. The van der Waals surface area contributed by atoms with Gasteiger partial charge >= 0.3 is 6.01 Å². The van der Waals surface area contributed by atoms with E-state index in [1.807, 2.05) is 26.0 Å². The Labute approximate surface area is 192 Å². The average Bonchev–Trinajstić information content (AvgIpc) is 3.28. The standard InChI is InChI=1S/C22H27ClN6O3/c1-14(2)32-18-11-15(31-9-8-29-6-4-5-7-29)10-17-19(18)21(26-13-25-17)27-20-16(23)12-24-22(28-20)30-3/h10-14H,4-9H2,1-3H3,(H,24,25,26,27,28). The highest BCUT2D eigenvalue weighted by Crippen LogP contribution is 2.36. The second kappa shape index (κ2) is 10.1. The summed E-state index contributed by atoms with van der Waals surface area (Å²) < 4.78 is 17.2. The fraction of sp³-hybridized carbons (Fsp3) is 0.455. The number of hydrogen-bond acceptors (Lipinski definition) is 9. The van der Waals surface area contributed by atoms with Crippen molar-refractivity contribution in [2.24, 2.45) is 0 Å². The summed E-state index contributed by atoms with van der Waals surface area (Å²) in [6.45, 7) is 7.73. The molecule has 0 radical (unpaired) electrons. The maximum absolute atomic E-state index is 6.27. The van der Waals surface area contributed by atoms with Gasteiger partial charge in [-0.2, -0.15) is 4.98 Å². The minimum atomic E-state index is -0.0474. The van der Waals surface area contributed by atoms with Crippen LogP contribution in [0.2, 0.25) is 5.02 Å². The summed E-state index contributed by atoms with van der Waals surface area (Å²) in [6, 6.07) is 3.97. The van der Waals surface area contributed by atoms with Gasteiger partial charge in [-0.3, -0.25) is 4.90 Å². The number of ether oxygens (including phenoxy) is 3. The molecule has 1 saturated heterocycles. The first kappa shape index (κ1) is 22.3. The zero-order chi connectivity index (χ0) is 22.5. The molecule has 0 aliphatic carbocycles. The number of nitrogens with one attached hydrogen (secondary N) is 1. The molecule has 0 unspecified atom stereocenters. The highest BCUT2D eigenvalue weighted by Gasteiger charge is 2.17. The van der Waals surface area contributed by atoms with Crippen LogP contribution in [0.4, 0.5) is 11.6 Å². The monoisotopic (exact) mass is 458 g/mol. The summed E-state index contributed by atoms with van der Waals surface area (Å²) in [5, 5.41) is 4.21. The number of halogens is 1. The van der Waals surface area contributed by atoms with E-state index in [9.17, 15) is 0 Å². The molecule has 0 amide bonds. The van der Waals surface area contributed by atoms with Crippen LogP contribution in [0, 0.1) is 0 Å². The fourth-order valence-corrected chi connectivity index (χ4v) is 3.74. The Bertz CT molecular complexity index is 1070. The molecule has 0 bridgehead atoms. The van der Waals surface area contributed by atoms with Gasteiger partial charge in [-0.1, -0.05) is 11.6 Å². The lowest BCUT2D eigenvalue weighted by Crippen LogP contribution is -2.25. The smallest absolute Gasteiger partial charge is 0.318 e. The number of hydrogen-bond donors (Lipinski definition) is 1. The average molecular weight is 459 g/mol. The van der Waals surface area contributed by atoms with Crippen LogP contribution in [0.25, 0.3) is 10.9 Å². The first-order valence-corrected chi connectivity index (χ1v) is 11.1. The van der Waals surface area contributed by atoms with Gasteiger partial charge in [-0.25, -0.2) is 15.0 Å². The van der Waals surface area contributed by atoms with Crippen LogP contribution in [0.5, 0.6) is 17.5 Å². The Kier molecular flexibility index (Phi) is 7.06. The van der Waals surface area contributed by atoms with Gasteiger partial charge in [-0.05, 0) is 39.8 Å². The minimum absolute atomic E-state index is 0.0474. The van der Waals surface area contributed by atoms with Crippen LogP contribution in [0.3, 0.4) is 0 Å². The number of rotatable bonds is 9. The van der Waals surface area contributed by atoms with Gasteiger partial charge in [0.2, 0.25) is 0 Å². The number of methoxy groups -OCH3 is 1. The third kappa shape index (κ3) is 5.28. The van der Waals surface area contributed by atoms with Crippen molar-refractivity contribution in [3.8, 4) is 17.5 Å². The molecule has 0 atom stereocenters. The lowest BCUT2D eigenvalue weighted by molar-refractivity contribution is 0.231. The van der Waals surface area contributed by atoms with E-state index in [4.69, 9.17) is 25.8 Å². The van der Waals surface area contributed by atoms with Crippen molar-refractivity contribution in [2.45, 2.75) is 32.8 Å². The number of benzene rings is 1. The highest BCUT2D eigenvalue weighted by atomic mass is 35.5. The first-order valence-electron chi connectivity index (χ1n) is 10.7. The van der Waals surface area contributed by atoms with E-state index in [2.05, 4.69) is 30.2 Å². The Morgan fingerprint density at radius 2 is 1.94 bits per heavy atom. The van der Waals surface area contributed by atoms with Crippen molar-refractivity contribution in [3.05, 3.63) is 29.7 Å². The third-order valence-electron chi connectivity index (χ3n) is 5.05. The molecule has 1 aromatic carbocycles. The number of anilines is 2. The van der Waals surface area contributed by atoms with Gasteiger partial charge in [-0.15, -0.1) is 0 Å².